The lowest BCUT2D eigenvalue weighted by Gasteiger charge is -2.14. The fourth-order valence-electron chi connectivity index (χ4n) is 2.81. The molecule has 0 atom stereocenters. The fraction of sp³-hybridized carbons (Fsp3) is 0.0526. The quantitative estimate of drug-likeness (QED) is 0.729. The molecule has 1 aliphatic rings. The number of carbonyl (C=O) groups is 1. The Morgan fingerprint density at radius 3 is 2.68 bits per heavy atom. The monoisotopic (exact) mass is 399 g/mol. The number of hydrogen-bond acceptors (Lipinski definition) is 5. The predicted molar refractivity (Wildman–Crippen MR) is 101 cm³/mol. The second-order valence-corrected chi connectivity index (χ2v) is 7.75. The van der Waals surface area contributed by atoms with Gasteiger partial charge in [0.2, 0.25) is 0 Å². The standard InChI is InChI=1S/C19H14FN3O4S/c1-23-18-17(6-3-9-21-18)27-16-8-7-14(11-15(16)19(23)24)28(25,26)22-13-5-2-4-12(20)10-13/h2-11,22H,1H3. The van der Waals surface area contributed by atoms with E-state index in [9.17, 15) is 17.6 Å². The first-order valence-corrected chi connectivity index (χ1v) is 9.67. The van der Waals surface area contributed by atoms with Gasteiger partial charge in [-0.05, 0) is 48.5 Å². The van der Waals surface area contributed by atoms with E-state index in [0.29, 0.717) is 11.6 Å². The van der Waals surface area contributed by atoms with Crippen molar-refractivity contribution < 1.29 is 22.3 Å². The van der Waals surface area contributed by atoms with Gasteiger partial charge in [-0.3, -0.25) is 14.4 Å². The summed E-state index contributed by atoms with van der Waals surface area (Å²) in [6.45, 7) is 0. The Morgan fingerprint density at radius 2 is 1.89 bits per heavy atom. The molecule has 0 aliphatic carbocycles. The van der Waals surface area contributed by atoms with Crippen LogP contribution in [0.5, 0.6) is 11.5 Å². The highest BCUT2D eigenvalue weighted by atomic mass is 32.2. The maximum absolute atomic E-state index is 13.3. The maximum Gasteiger partial charge on any atom is 0.263 e. The van der Waals surface area contributed by atoms with Crippen molar-refractivity contribution in [2.75, 3.05) is 16.7 Å². The zero-order valence-corrected chi connectivity index (χ0v) is 15.4. The molecule has 1 amide bonds. The summed E-state index contributed by atoms with van der Waals surface area (Å²) in [5.41, 5.74) is 0.147. The summed E-state index contributed by atoms with van der Waals surface area (Å²) in [6, 6.07) is 12.4. The first-order chi connectivity index (χ1) is 13.3. The van der Waals surface area contributed by atoms with Gasteiger partial charge in [0, 0.05) is 13.2 Å². The minimum absolute atomic E-state index is 0.0719. The number of halogens is 1. The lowest BCUT2D eigenvalue weighted by molar-refractivity contribution is 0.0992. The number of hydrogen-bond donors (Lipinski definition) is 1. The molecular weight excluding hydrogens is 385 g/mol. The van der Waals surface area contributed by atoms with Gasteiger partial charge in [0.15, 0.2) is 11.6 Å². The Morgan fingerprint density at radius 1 is 1.07 bits per heavy atom. The molecule has 0 fully saturated rings. The number of fused-ring (bicyclic) bond motifs is 2. The lowest BCUT2D eigenvalue weighted by atomic mass is 10.2. The van der Waals surface area contributed by atoms with Crippen molar-refractivity contribution in [2.24, 2.45) is 0 Å². The number of benzene rings is 2. The number of aromatic nitrogens is 1. The minimum Gasteiger partial charge on any atom is -0.453 e. The van der Waals surface area contributed by atoms with Gasteiger partial charge < -0.3 is 4.74 Å². The molecule has 2 heterocycles. The second-order valence-electron chi connectivity index (χ2n) is 6.07. The zero-order valence-electron chi connectivity index (χ0n) is 14.6. The first-order valence-electron chi connectivity index (χ1n) is 8.18. The Kier molecular flexibility index (Phi) is 4.23. The number of amides is 1. The van der Waals surface area contributed by atoms with Crippen molar-refractivity contribution in [3.8, 4) is 11.5 Å². The van der Waals surface area contributed by atoms with E-state index in [0.717, 1.165) is 6.07 Å². The number of carbonyl (C=O) groups excluding carboxylic acids is 1. The summed E-state index contributed by atoms with van der Waals surface area (Å²) in [4.78, 5) is 18.1. The zero-order chi connectivity index (χ0) is 19.9. The average Bonchev–Trinajstić information content (AvgIpc) is 2.77. The fourth-order valence-corrected chi connectivity index (χ4v) is 3.88. The predicted octanol–water partition coefficient (Wildman–Crippen LogP) is 3.40. The van der Waals surface area contributed by atoms with Gasteiger partial charge >= 0.3 is 0 Å². The summed E-state index contributed by atoms with van der Waals surface area (Å²) in [5.74, 6) is -0.113. The van der Waals surface area contributed by atoms with Crippen LogP contribution in [0, 0.1) is 5.82 Å². The van der Waals surface area contributed by atoms with Crippen LogP contribution >= 0.6 is 0 Å². The molecule has 28 heavy (non-hydrogen) atoms. The van der Waals surface area contributed by atoms with Gasteiger partial charge in [-0.2, -0.15) is 0 Å². The number of nitrogens with zero attached hydrogens (tertiary/aromatic N) is 2. The average molecular weight is 399 g/mol. The molecule has 0 spiro atoms. The molecule has 9 heteroatoms. The highest BCUT2D eigenvalue weighted by Gasteiger charge is 2.28. The molecule has 0 unspecified atom stereocenters. The SMILES string of the molecule is CN1C(=O)c2cc(S(=O)(=O)Nc3cccc(F)c3)ccc2Oc2cccnc21. The van der Waals surface area contributed by atoms with E-state index in [1.807, 2.05) is 0 Å². The van der Waals surface area contributed by atoms with Gasteiger partial charge in [-0.15, -0.1) is 0 Å². The van der Waals surface area contributed by atoms with E-state index in [1.165, 1.54) is 54.5 Å². The van der Waals surface area contributed by atoms with Gasteiger partial charge in [-0.1, -0.05) is 6.07 Å². The highest BCUT2D eigenvalue weighted by molar-refractivity contribution is 7.92. The Labute approximate surface area is 160 Å². The van der Waals surface area contributed by atoms with Crippen molar-refractivity contribution in [3.63, 3.8) is 0 Å². The number of ether oxygens (including phenoxy) is 1. The topological polar surface area (TPSA) is 88.6 Å². The lowest BCUT2D eigenvalue weighted by Crippen LogP contribution is -2.26. The highest BCUT2D eigenvalue weighted by Crippen LogP contribution is 2.37. The van der Waals surface area contributed by atoms with Crippen molar-refractivity contribution in [1.82, 2.24) is 4.98 Å². The van der Waals surface area contributed by atoms with E-state index >= 15 is 0 Å². The van der Waals surface area contributed by atoms with Crippen LogP contribution in [-0.4, -0.2) is 26.4 Å². The molecule has 1 N–H and O–H groups in total. The largest absolute Gasteiger partial charge is 0.453 e. The van der Waals surface area contributed by atoms with Crippen LogP contribution in [0.3, 0.4) is 0 Å². The number of anilines is 2. The van der Waals surface area contributed by atoms with E-state index in [2.05, 4.69) is 9.71 Å². The van der Waals surface area contributed by atoms with Crippen molar-refractivity contribution in [2.45, 2.75) is 4.90 Å². The van der Waals surface area contributed by atoms with Crippen molar-refractivity contribution in [1.29, 1.82) is 0 Å². The molecule has 3 aromatic rings. The van der Waals surface area contributed by atoms with E-state index in [1.54, 1.807) is 12.1 Å². The number of pyridine rings is 1. The molecule has 0 saturated heterocycles. The molecule has 142 valence electrons. The Bertz CT molecular complexity index is 1200. The molecule has 0 saturated carbocycles. The van der Waals surface area contributed by atoms with E-state index in [4.69, 9.17) is 4.74 Å². The molecule has 0 bridgehead atoms. The Balaban J connectivity index is 1.74. The summed E-state index contributed by atoms with van der Waals surface area (Å²) in [6.07, 6.45) is 1.53. The number of nitrogens with one attached hydrogen (secondary N) is 1. The molecule has 0 radical (unpaired) electrons. The second kappa shape index (κ2) is 6.61. The van der Waals surface area contributed by atoms with Gasteiger partial charge in [0.25, 0.3) is 15.9 Å². The van der Waals surface area contributed by atoms with Gasteiger partial charge in [-0.25, -0.2) is 17.8 Å². The van der Waals surface area contributed by atoms with Gasteiger partial charge in [0.1, 0.15) is 11.6 Å². The summed E-state index contributed by atoms with van der Waals surface area (Å²) in [5, 5.41) is 0. The van der Waals surface area contributed by atoms with Crippen LogP contribution in [0.1, 0.15) is 10.4 Å². The Hall–Kier alpha value is -3.46. The van der Waals surface area contributed by atoms with E-state index in [-0.39, 0.29) is 21.9 Å². The van der Waals surface area contributed by atoms with Gasteiger partial charge in [0.05, 0.1) is 16.1 Å². The summed E-state index contributed by atoms with van der Waals surface area (Å²) in [7, 11) is -2.52. The third kappa shape index (κ3) is 3.16. The van der Waals surface area contributed by atoms with Crippen LogP contribution in [0.2, 0.25) is 0 Å². The smallest absolute Gasteiger partial charge is 0.263 e. The summed E-state index contributed by atoms with van der Waals surface area (Å²) < 4.78 is 46.7. The van der Waals surface area contributed by atoms with Crippen LogP contribution in [0.25, 0.3) is 0 Å². The van der Waals surface area contributed by atoms with Crippen molar-refractivity contribution >= 4 is 27.4 Å². The molecule has 2 aromatic carbocycles. The minimum atomic E-state index is -4.04. The third-order valence-corrected chi connectivity index (χ3v) is 5.54. The third-order valence-electron chi connectivity index (χ3n) is 4.16. The maximum atomic E-state index is 13.3. The molecule has 7 nitrogen and oxygen atoms in total. The molecule has 1 aliphatic heterocycles. The summed E-state index contributed by atoms with van der Waals surface area (Å²) >= 11 is 0. The molecule has 4 rings (SSSR count). The molecular formula is C19H14FN3O4S. The number of rotatable bonds is 3. The van der Waals surface area contributed by atoms with Crippen LogP contribution in [0.15, 0.2) is 65.7 Å². The first kappa shape index (κ1) is 17.9. The van der Waals surface area contributed by atoms with E-state index < -0.39 is 21.7 Å². The van der Waals surface area contributed by atoms with Crippen LogP contribution in [-0.2, 0) is 10.0 Å². The normalized spacial score (nSPS) is 13.2. The number of sulfonamides is 1. The molecule has 1 aromatic heterocycles. The van der Waals surface area contributed by atoms with Crippen molar-refractivity contribution in [3.05, 3.63) is 72.2 Å². The van der Waals surface area contributed by atoms with Crippen LogP contribution < -0.4 is 14.4 Å². The van der Waals surface area contributed by atoms with Crippen LogP contribution in [0.4, 0.5) is 15.9 Å².